The quantitative estimate of drug-likeness (QED) is 0.647. The first-order valence-electron chi connectivity index (χ1n) is 7.90. The average Bonchev–Trinajstić information content (AvgIpc) is 3.10. The molecule has 2 aromatic carbocycles. The summed E-state index contributed by atoms with van der Waals surface area (Å²) in [6.07, 6.45) is 1.92. The van der Waals surface area contributed by atoms with Crippen LogP contribution in [0.1, 0.15) is 24.2 Å². The van der Waals surface area contributed by atoms with Gasteiger partial charge < -0.3 is 10.6 Å². The Morgan fingerprint density at radius 3 is 2.42 bits per heavy atom. The average molecular weight is 320 g/mol. The van der Waals surface area contributed by atoms with Crippen LogP contribution in [-0.4, -0.2) is 16.1 Å². The Labute approximate surface area is 141 Å². The summed E-state index contributed by atoms with van der Waals surface area (Å²) in [7, 11) is 0. The zero-order valence-corrected chi connectivity index (χ0v) is 13.5. The highest BCUT2D eigenvalue weighted by molar-refractivity contribution is 5.92. The van der Waals surface area contributed by atoms with E-state index in [0.29, 0.717) is 0 Å². The van der Waals surface area contributed by atoms with E-state index in [9.17, 15) is 4.79 Å². The summed E-state index contributed by atoms with van der Waals surface area (Å²) >= 11 is 0. The number of rotatable bonds is 6. The van der Waals surface area contributed by atoms with Gasteiger partial charge in [-0.3, -0.25) is 9.89 Å². The third-order valence-electron chi connectivity index (χ3n) is 3.76. The van der Waals surface area contributed by atoms with Gasteiger partial charge in [0.15, 0.2) is 0 Å². The number of aromatic amines is 1. The number of nitrogens with zero attached hydrogens (tertiary/aromatic N) is 1. The van der Waals surface area contributed by atoms with Gasteiger partial charge in [-0.15, -0.1) is 0 Å². The van der Waals surface area contributed by atoms with E-state index in [2.05, 4.69) is 39.9 Å². The number of anilines is 2. The topological polar surface area (TPSA) is 69.8 Å². The lowest BCUT2D eigenvalue weighted by molar-refractivity contribution is -0.115. The Kier molecular flexibility index (Phi) is 4.91. The van der Waals surface area contributed by atoms with Crippen molar-refractivity contribution in [3.05, 3.63) is 78.1 Å². The highest BCUT2D eigenvalue weighted by Crippen LogP contribution is 2.20. The van der Waals surface area contributed by atoms with Gasteiger partial charge in [-0.2, -0.15) is 5.10 Å². The molecule has 5 heteroatoms. The molecule has 0 aliphatic carbocycles. The number of H-pyrrole nitrogens is 1. The summed E-state index contributed by atoms with van der Waals surface area (Å²) in [5, 5.41) is 12.9. The van der Waals surface area contributed by atoms with E-state index in [4.69, 9.17) is 0 Å². The van der Waals surface area contributed by atoms with Gasteiger partial charge in [0.2, 0.25) is 5.91 Å². The number of nitrogens with one attached hydrogen (secondary N) is 3. The zero-order valence-electron chi connectivity index (χ0n) is 13.5. The van der Waals surface area contributed by atoms with Crippen molar-refractivity contribution in [2.45, 2.75) is 19.4 Å². The summed E-state index contributed by atoms with van der Waals surface area (Å²) in [5.74, 6) is -0.0717. The normalized spacial score (nSPS) is 11.7. The van der Waals surface area contributed by atoms with Crippen molar-refractivity contribution in [3.8, 4) is 0 Å². The standard InChI is InChI=1S/C19H20N4O/c1-14(15-5-3-2-4-6-15)21-16-7-9-17(10-8-16)22-19(24)13-18-11-12-20-23-18/h2-12,14,21H,13H2,1H3,(H,20,23)(H,22,24)/t14-/m1/s1. The van der Waals surface area contributed by atoms with E-state index < -0.39 is 0 Å². The van der Waals surface area contributed by atoms with Gasteiger partial charge >= 0.3 is 0 Å². The Hall–Kier alpha value is -3.08. The van der Waals surface area contributed by atoms with E-state index in [0.717, 1.165) is 17.1 Å². The number of carbonyl (C=O) groups is 1. The zero-order chi connectivity index (χ0) is 16.8. The lowest BCUT2D eigenvalue weighted by atomic mass is 10.1. The highest BCUT2D eigenvalue weighted by atomic mass is 16.1. The number of hydrogen-bond acceptors (Lipinski definition) is 3. The number of carbonyl (C=O) groups excluding carboxylic acids is 1. The predicted molar refractivity (Wildman–Crippen MR) is 95.8 cm³/mol. The van der Waals surface area contributed by atoms with Crippen LogP contribution in [0.3, 0.4) is 0 Å². The van der Waals surface area contributed by atoms with Gasteiger partial charge in [-0.25, -0.2) is 0 Å². The van der Waals surface area contributed by atoms with Gasteiger partial charge in [0.25, 0.3) is 0 Å². The van der Waals surface area contributed by atoms with Crippen molar-refractivity contribution in [2.24, 2.45) is 0 Å². The van der Waals surface area contributed by atoms with E-state index in [-0.39, 0.29) is 18.4 Å². The Balaban J connectivity index is 1.56. The fourth-order valence-electron chi connectivity index (χ4n) is 2.49. The van der Waals surface area contributed by atoms with E-state index in [1.165, 1.54) is 5.56 Å². The summed E-state index contributed by atoms with van der Waals surface area (Å²) in [6.45, 7) is 2.12. The summed E-state index contributed by atoms with van der Waals surface area (Å²) in [4.78, 5) is 12.0. The molecule has 0 aliphatic heterocycles. The molecule has 1 heterocycles. The number of amides is 1. The monoisotopic (exact) mass is 320 g/mol. The largest absolute Gasteiger partial charge is 0.379 e. The Morgan fingerprint density at radius 1 is 1.04 bits per heavy atom. The maximum Gasteiger partial charge on any atom is 0.230 e. The lowest BCUT2D eigenvalue weighted by Gasteiger charge is -2.16. The molecule has 0 spiro atoms. The lowest BCUT2D eigenvalue weighted by Crippen LogP contribution is -2.14. The fourth-order valence-corrected chi connectivity index (χ4v) is 2.49. The SMILES string of the molecule is C[C@@H](Nc1ccc(NC(=O)Cc2ccn[nH]2)cc1)c1ccccc1. The van der Waals surface area contributed by atoms with Crippen LogP contribution >= 0.6 is 0 Å². The van der Waals surface area contributed by atoms with E-state index >= 15 is 0 Å². The molecule has 0 bridgehead atoms. The summed E-state index contributed by atoms with van der Waals surface area (Å²) < 4.78 is 0. The minimum Gasteiger partial charge on any atom is -0.379 e. The smallest absolute Gasteiger partial charge is 0.230 e. The maximum atomic E-state index is 12.0. The minimum atomic E-state index is -0.0717. The third kappa shape index (κ3) is 4.23. The van der Waals surface area contributed by atoms with Gasteiger partial charge in [-0.1, -0.05) is 30.3 Å². The van der Waals surface area contributed by atoms with Gasteiger partial charge in [0.1, 0.15) is 0 Å². The van der Waals surface area contributed by atoms with Crippen molar-refractivity contribution in [1.82, 2.24) is 10.2 Å². The number of hydrogen-bond donors (Lipinski definition) is 3. The highest BCUT2D eigenvalue weighted by Gasteiger charge is 2.07. The molecule has 0 fully saturated rings. The second-order valence-corrected chi connectivity index (χ2v) is 5.66. The molecule has 0 saturated heterocycles. The molecule has 122 valence electrons. The number of benzene rings is 2. The molecule has 1 aromatic heterocycles. The van der Waals surface area contributed by atoms with Crippen LogP contribution in [-0.2, 0) is 11.2 Å². The van der Waals surface area contributed by atoms with Crippen molar-refractivity contribution < 1.29 is 4.79 Å². The molecular weight excluding hydrogens is 300 g/mol. The molecule has 3 rings (SSSR count). The first-order valence-corrected chi connectivity index (χ1v) is 7.90. The molecule has 0 unspecified atom stereocenters. The maximum absolute atomic E-state index is 12.0. The minimum absolute atomic E-state index is 0.0717. The Bertz CT molecular complexity index is 767. The first-order chi connectivity index (χ1) is 11.7. The molecule has 0 saturated carbocycles. The second-order valence-electron chi connectivity index (χ2n) is 5.66. The summed E-state index contributed by atoms with van der Waals surface area (Å²) in [5.41, 5.74) is 3.81. The molecule has 0 aliphatic rings. The predicted octanol–water partition coefficient (Wildman–Crippen LogP) is 3.76. The summed E-state index contributed by atoms with van der Waals surface area (Å²) in [6, 6.07) is 20.0. The van der Waals surface area contributed by atoms with Crippen molar-refractivity contribution in [2.75, 3.05) is 10.6 Å². The van der Waals surface area contributed by atoms with Crippen LogP contribution in [0.25, 0.3) is 0 Å². The van der Waals surface area contributed by atoms with Crippen LogP contribution in [0, 0.1) is 0 Å². The van der Waals surface area contributed by atoms with Crippen LogP contribution < -0.4 is 10.6 Å². The van der Waals surface area contributed by atoms with Crippen LogP contribution in [0.2, 0.25) is 0 Å². The van der Waals surface area contributed by atoms with Gasteiger partial charge in [0.05, 0.1) is 6.42 Å². The van der Waals surface area contributed by atoms with Gasteiger partial charge in [0, 0.05) is 29.3 Å². The third-order valence-corrected chi connectivity index (χ3v) is 3.76. The van der Waals surface area contributed by atoms with E-state index in [1.807, 2.05) is 42.5 Å². The van der Waals surface area contributed by atoms with Crippen molar-refractivity contribution in [3.63, 3.8) is 0 Å². The molecule has 1 amide bonds. The van der Waals surface area contributed by atoms with E-state index in [1.54, 1.807) is 12.3 Å². The van der Waals surface area contributed by atoms with Crippen molar-refractivity contribution in [1.29, 1.82) is 0 Å². The molecular formula is C19H20N4O. The first kappa shape index (κ1) is 15.8. The molecule has 5 nitrogen and oxygen atoms in total. The van der Waals surface area contributed by atoms with Crippen LogP contribution in [0.5, 0.6) is 0 Å². The molecule has 1 atom stereocenters. The van der Waals surface area contributed by atoms with Crippen molar-refractivity contribution >= 4 is 17.3 Å². The van der Waals surface area contributed by atoms with Crippen LogP contribution in [0.4, 0.5) is 11.4 Å². The molecule has 3 aromatic rings. The second kappa shape index (κ2) is 7.46. The molecule has 0 radical (unpaired) electrons. The van der Waals surface area contributed by atoms with Crippen LogP contribution in [0.15, 0.2) is 66.9 Å². The molecule has 24 heavy (non-hydrogen) atoms. The Morgan fingerprint density at radius 2 is 1.75 bits per heavy atom. The number of aromatic nitrogens is 2. The van der Waals surface area contributed by atoms with Gasteiger partial charge in [-0.05, 0) is 42.8 Å². The fraction of sp³-hybridized carbons (Fsp3) is 0.158. The molecule has 3 N–H and O–H groups in total.